The van der Waals surface area contributed by atoms with Crippen LogP contribution in [0.3, 0.4) is 0 Å². The highest BCUT2D eigenvalue weighted by atomic mass is 32.2. The van der Waals surface area contributed by atoms with Gasteiger partial charge in [-0.15, -0.1) is 0 Å². The summed E-state index contributed by atoms with van der Waals surface area (Å²) in [6.07, 6.45) is 0.542. The summed E-state index contributed by atoms with van der Waals surface area (Å²) in [6, 6.07) is 12.2. The first kappa shape index (κ1) is 21.9. The lowest BCUT2D eigenvalue weighted by Crippen LogP contribution is -2.52. The van der Waals surface area contributed by atoms with Gasteiger partial charge in [-0.2, -0.15) is 4.31 Å². The van der Waals surface area contributed by atoms with Gasteiger partial charge in [0.2, 0.25) is 10.0 Å². The van der Waals surface area contributed by atoms with Gasteiger partial charge in [-0.25, -0.2) is 18.3 Å². The summed E-state index contributed by atoms with van der Waals surface area (Å²) in [5, 5.41) is 20.2. The molecule has 2 aromatic rings. The lowest BCUT2D eigenvalue weighted by atomic mass is 10.1. The fourth-order valence-electron chi connectivity index (χ4n) is 3.54. The van der Waals surface area contributed by atoms with Crippen LogP contribution in [0.25, 0.3) is 0 Å². The molecule has 2 N–H and O–H groups in total. The highest BCUT2D eigenvalue weighted by Gasteiger charge is 2.43. The number of aliphatic carboxylic acids is 1. The monoisotopic (exact) mass is 432 g/mol. The third-order valence-corrected chi connectivity index (χ3v) is 7.12. The van der Waals surface area contributed by atoms with Gasteiger partial charge in [-0.05, 0) is 37.5 Å². The molecule has 0 unspecified atom stereocenters. The van der Waals surface area contributed by atoms with Crippen LogP contribution in [0, 0.1) is 6.92 Å². The molecule has 2 aromatic carbocycles. The van der Waals surface area contributed by atoms with E-state index in [9.17, 15) is 28.3 Å². The number of amides is 1. The van der Waals surface area contributed by atoms with Gasteiger partial charge in [0, 0.05) is 13.0 Å². The van der Waals surface area contributed by atoms with Crippen LogP contribution in [0.4, 0.5) is 0 Å². The number of carbonyl (C=O) groups excluding carboxylic acids is 1. The van der Waals surface area contributed by atoms with Crippen LogP contribution in [0.2, 0.25) is 0 Å². The van der Waals surface area contributed by atoms with E-state index in [1.165, 1.54) is 12.1 Å². The topological polar surface area (TPSA) is 115 Å². The van der Waals surface area contributed by atoms with Crippen molar-refractivity contribution in [1.82, 2.24) is 9.37 Å². The van der Waals surface area contributed by atoms with Gasteiger partial charge in [0.1, 0.15) is 6.04 Å². The zero-order chi connectivity index (χ0) is 21.9. The Morgan fingerprint density at radius 2 is 1.77 bits per heavy atom. The lowest BCUT2D eigenvalue weighted by Gasteiger charge is -2.29. The molecule has 1 aliphatic rings. The molecular weight excluding hydrogens is 408 g/mol. The number of hydrogen-bond acceptors (Lipinski definition) is 5. The molecule has 0 aliphatic carbocycles. The van der Waals surface area contributed by atoms with Crippen LogP contribution < -0.4 is 0 Å². The normalized spacial score (nSPS) is 18.1. The molecule has 0 spiro atoms. The number of aryl methyl sites for hydroxylation is 1. The molecule has 3 rings (SSSR count). The van der Waals surface area contributed by atoms with Gasteiger partial charge < -0.3 is 5.11 Å². The van der Waals surface area contributed by atoms with E-state index in [0.29, 0.717) is 12.0 Å². The molecule has 2 atom stereocenters. The number of hydrogen-bond donors (Lipinski definition) is 2. The van der Waals surface area contributed by atoms with E-state index < -0.39 is 34.0 Å². The fourth-order valence-corrected chi connectivity index (χ4v) is 5.19. The summed E-state index contributed by atoms with van der Waals surface area (Å²) in [5.41, 5.74) is 1.53. The summed E-state index contributed by atoms with van der Waals surface area (Å²) >= 11 is 0. The lowest BCUT2D eigenvalue weighted by molar-refractivity contribution is -0.188. The van der Waals surface area contributed by atoms with Crippen molar-refractivity contribution in [3.8, 4) is 0 Å². The van der Waals surface area contributed by atoms with Crippen molar-refractivity contribution >= 4 is 21.9 Å². The maximum absolute atomic E-state index is 13.0. The highest BCUT2D eigenvalue weighted by molar-refractivity contribution is 7.89. The first-order valence-corrected chi connectivity index (χ1v) is 11.0. The van der Waals surface area contributed by atoms with Crippen molar-refractivity contribution < 1.29 is 28.3 Å². The average molecular weight is 432 g/mol. The third kappa shape index (κ3) is 4.53. The highest BCUT2D eigenvalue weighted by Crippen LogP contribution is 2.28. The van der Waals surface area contributed by atoms with Gasteiger partial charge in [0.05, 0.1) is 4.90 Å². The second kappa shape index (κ2) is 8.95. The van der Waals surface area contributed by atoms with Crippen molar-refractivity contribution in [2.45, 2.75) is 43.2 Å². The average Bonchev–Trinajstić information content (AvgIpc) is 3.22. The molecule has 8 nitrogen and oxygen atoms in total. The number of carboxylic acids is 1. The zero-order valence-electron chi connectivity index (χ0n) is 16.5. The predicted octanol–water partition coefficient (Wildman–Crippen LogP) is 2.06. The second-order valence-corrected chi connectivity index (χ2v) is 9.20. The van der Waals surface area contributed by atoms with E-state index in [1.807, 2.05) is 6.92 Å². The van der Waals surface area contributed by atoms with Crippen molar-refractivity contribution in [3.63, 3.8) is 0 Å². The number of rotatable bonds is 7. The number of nitrogens with zero attached hydrogens (tertiary/aromatic N) is 2. The zero-order valence-corrected chi connectivity index (χ0v) is 17.3. The quantitative estimate of drug-likeness (QED) is 0.511. The van der Waals surface area contributed by atoms with Gasteiger partial charge in [0.25, 0.3) is 5.91 Å². The summed E-state index contributed by atoms with van der Waals surface area (Å²) in [4.78, 5) is 24.7. The van der Waals surface area contributed by atoms with Crippen molar-refractivity contribution in [3.05, 3.63) is 65.7 Å². The first-order valence-electron chi connectivity index (χ1n) is 9.59. The maximum Gasteiger partial charge on any atom is 0.329 e. The van der Waals surface area contributed by atoms with Gasteiger partial charge >= 0.3 is 5.97 Å². The van der Waals surface area contributed by atoms with Gasteiger partial charge in [0.15, 0.2) is 6.04 Å². The number of carbonyl (C=O) groups is 2. The van der Waals surface area contributed by atoms with Crippen LogP contribution >= 0.6 is 0 Å². The molecule has 30 heavy (non-hydrogen) atoms. The maximum atomic E-state index is 13.0. The van der Waals surface area contributed by atoms with Crippen LogP contribution in [0.1, 0.15) is 24.0 Å². The van der Waals surface area contributed by atoms with Gasteiger partial charge in [-0.1, -0.05) is 48.0 Å². The van der Waals surface area contributed by atoms with E-state index >= 15 is 0 Å². The molecule has 1 fully saturated rings. The molecule has 1 amide bonds. The molecule has 0 aromatic heterocycles. The molecule has 1 aliphatic heterocycles. The Bertz CT molecular complexity index is 1010. The minimum Gasteiger partial charge on any atom is -0.480 e. The fraction of sp³-hybridized carbons (Fsp3) is 0.333. The molecular formula is C21H24N2O6S. The second-order valence-electron chi connectivity index (χ2n) is 7.31. The molecule has 0 saturated carbocycles. The van der Waals surface area contributed by atoms with Crippen molar-refractivity contribution in [2.24, 2.45) is 0 Å². The number of benzene rings is 2. The molecule has 1 saturated heterocycles. The van der Waals surface area contributed by atoms with E-state index in [-0.39, 0.29) is 29.3 Å². The van der Waals surface area contributed by atoms with Crippen LogP contribution in [-0.2, 0) is 26.0 Å². The van der Waals surface area contributed by atoms with Crippen LogP contribution in [0.5, 0.6) is 0 Å². The number of carboxylic acid groups (broad SMARTS) is 1. The molecule has 9 heteroatoms. The summed E-state index contributed by atoms with van der Waals surface area (Å²) in [5.74, 6) is -2.31. The largest absolute Gasteiger partial charge is 0.480 e. The minimum absolute atomic E-state index is 0.0522. The Hall–Kier alpha value is -2.75. The molecule has 0 radical (unpaired) electrons. The number of hydroxylamine groups is 2. The van der Waals surface area contributed by atoms with Crippen LogP contribution in [0.15, 0.2) is 59.5 Å². The Balaban J connectivity index is 1.83. The van der Waals surface area contributed by atoms with Crippen LogP contribution in [-0.4, -0.2) is 58.6 Å². The van der Waals surface area contributed by atoms with E-state index in [2.05, 4.69) is 0 Å². The Morgan fingerprint density at radius 1 is 1.13 bits per heavy atom. The Labute approximate surface area is 175 Å². The van der Waals surface area contributed by atoms with Gasteiger partial charge in [-0.3, -0.25) is 10.0 Å². The Kier molecular flexibility index (Phi) is 6.55. The third-order valence-electron chi connectivity index (χ3n) is 5.19. The molecule has 1 heterocycles. The number of sulfonamides is 1. The van der Waals surface area contributed by atoms with E-state index in [1.54, 1.807) is 42.5 Å². The van der Waals surface area contributed by atoms with E-state index in [4.69, 9.17) is 0 Å². The van der Waals surface area contributed by atoms with Crippen molar-refractivity contribution in [2.75, 3.05) is 6.54 Å². The smallest absolute Gasteiger partial charge is 0.329 e. The van der Waals surface area contributed by atoms with Crippen molar-refractivity contribution in [1.29, 1.82) is 0 Å². The molecule has 0 bridgehead atoms. The summed E-state index contributed by atoms with van der Waals surface area (Å²) < 4.78 is 27.1. The Morgan fingerprint density at radius 3 is 2.37 bits per heavy atom. The minimum atomic E-state index is -3.96. The summed E-state index contributed by atoms with van der Waals surface area (Å²) in [7, 11) is -3.96. The summed E-state index contributed by atoms with van der Waals surface area (Å²) in [6.45, 7) is 1.96. The van der Waals surface area contributed by atoms with E-state index in [0.717, 1.165) is 9.87 Å². The SMILES string of the molecule is Cc1ccc(S(=O)(=O)N2CCC[C@@H]2C(=O)N(O)[C@@H](Cc2ccccc2)C(=O)O)cc1. The predicted molar refractivity (Wildman–Crippen MR) is 108 cm³/mol. The standard InChI is InChI=1S/C21H24N2O6S/c1-15-9-11-17(12-10-15)30(28,29)22-13-5-8-18(22)20(24)23(27)19(21(25)26)14-16-6-3-2-4-7-16/h2-4,6-7,9-12,18-19,27H,5,8,13-14H2,1H3,(H,25,26)/t18-,19+/m1/s1. The molecule has 160 valence electrons. The first-order chi connectivity index (χ1) is 14.2.